The molecule has 1 saturated carbocycles. The fraction of sp³-hybridized carbons (Fsp3) is 0.818. The molecule has 0 aliphatic heterocycles. The van der Waals surface area contributed by atoms with Gasteiger partial charge in [0.05, 0.1) is 13.1 Å². The van der Waals surface area contributed by atoms with Crippen molar-refractivity contribution in [3.8, 4) is 0 Å². The van der Waals surface area contributed by atoms with Crippen molar-refractivity contribution in [1.29, 1.82) is 0 Å². The average Bonchev–Trinajstić information content (AvgIpc) is 2.68. The van der Waals surface area contributed by atoms with E-state index in [9.17, 15) is 9.59 Å². The lowest BCUT2D eigenvalue weighted by Gasteiger charge is -2.19. The number of likely N-dealkylation sites (N-methyl/N-ethyl adjacent to an activating group) is 1. The van der Waals surface area contributed by atoms with E-state index in [4.69, 9.17) is 5.73 Å². The molecule has 0 aromatic rings. The molecule has 0 aromatic carbocycles. The monoisotopic (exact) mass is 212 g/mol. The summed E-state index contributed by atoms with van der Waals surface area (Å²) in [5.41, 5.74) is 5.11. The van der Waals surface area contributed by atoms with Crippen molar-refractivity contribution in [2.24, 2.45) is 11.7 Å². The number of primary amides is 1. The van der Waals surface area contributed by atoms with Gasteiger partial charge in [-0.2, -0.15) is 0 Å². The topological polar surface area (TPSA) is 63.4 Å². The van der Waals surface area contributed by atoms with Crippen LogP contribution in [-0.2, 0) is 9.59 Å². The minimum Gasteiger partial charge on any atom is -0.369 e. The van der Waals surface area contributed by atoms with E-state index in [0.29, 0.717) is 13.1 Å². The molecule has 1 aliphatic rings. The van der Waals surface area contributed by atoms with E-state index in [1.807, 2.05) is 11.8 Å². The van der Waals surface area contributed by atoms with Gasteiger partial charge in [0, 0.05) is 5.92 Å². The van der Waals surface area contributed by atoms with E-state index < -0.39 is 0 Å². The zero-order chi connectivity index (χ0) is 11.3. The highest BCUT2D eigenvalue weighted by atomic mass is 16.1. The van der Waals surface area contributed by atoms with Gasteiger partial charge in [0.1, 0.15) is 5.78 Å². The Bertz CT molecular complexity index is 235. The zero-order valence-corrected chi connectivity index (χ0v) is 9.37. The summed E-state index contributed by atoms with van der Waals surface area (Å²) in [7, 11) is 0. The number of ketones is 1. The molecule has 4 nitrogen and oxygen atoms in total. The number of rotatable bonds is 6. The van der Waals surface area contributed by atoms with Gasteiger partial charge < -0.3 is 5.73 Å². The predicted molar refractivity (Wildman–Crippen MR) is 58.3 cm³/mol. The van der Waals surface area contributed by atoms with Crippen LogP contribution >= 0.6 is 0 Å². The summed E-state index contributed by atoms with van der Waals surface area (Å²) < 4.78 is 0. The van der Waals surface area contributed by atoms with Crippen LogP contribution < -0.4 is 5.73 Å². The summed E-state index contributed by atoms with van der Waals surface area (Å²) in [5, 5.41) is 0. The van der Waals surface area contributed by atoms with Crippen LogP contribution in [0.15, 0.2) is 0 Å². The zero-order valence-electron chi connectivity index (χ0n) is 9.37. The van der Waals surface area contributed by atoms with Crippen LogP contribution in [0.2, 0.25) is 0 Å². The molecule has 1 amide bonds. The van der Waals surface area contributed by atoms with Crippen LogP contribution in [0.3, 0.4) is 0 Å². The minimum atomic E-state index is -0.365. The highest BCUT2D eigenvalue weighted by Gasteiger charge is 2.24. The number of nitrogens with two attached hydrogens (primary N) is 1. The Kier molecular flexibility index (Phi) is 4.75. The lowest BCUT2D eigenvalue weighted by atomic mass is 10.0. The molecular formula is C11H20N2O2. The number of amides is 1. The third kappa shape index (κ3) is 4.00. The van der Waals surface area contributed by atoms with E-state index in [2.05, 4.69) is 0 Å². The third-order valence-electron chi connectivity index (χ3n) is 3.02. The molecule has 15 heavy (non-hydrogen) atoms. The number of hydrogen-bond donors (Lipinski definition) is 1. The maximum Gasteiger partial charge on any atom is 0.231 e. The Morgan fingerprint density at radius 3 is 2.33 bits per heavy atom. The summed E-state index contributed by atoms with van der Waals surface area (Å²) >= 11 is 0. The maximum atomic E-state index is 11.8. The van der Waals surface area contributed by atoms with Gasteiger partial charge in [0.15, 0.2) is 0 Å². The molecule has 86 valence electrons. The summed E-state index contributed by atoms with van der Waals surface area (Å²) in [4.78, 5) is 24.4. The molecule has 0 saturated heterocycles. The standard InChI is InChI=1S/C11H20N2O2/c1-2-13(8-11(12)15)7-10(14)9-5-3-4-6-9/h9H,2-8H2,1H3,(H2,12,15). The van der Waals surface area contributed by atoms with Crippen molar-refractivity contribution in [3.63, 3.8) is 0 Å². The van der Waals surface area contributed by atoms with Crippen molar-refractivity contribution in [2.45, 2.75) is 32.6 Å². The van der Waals surface area contributed by atoms with Crippen LogP contribution in [-0.4, -0.2) is 36.2 Å². The summed E-state index contributed by atoms with van der Waals surface area (Å²) in [5.74, 6) is 0.138. The van der Waals surface area contributed by atoms with Gasteiger partial charge in [-0.3, -0.25) is 14.5 Å². The van der Waals surface area contributed by atoms with Gasteiger partial charge in [-0.15, -0.1) is 0 Å². The van der Waals surface area contributed by atoms with Gasteiger partial charge in [0.25, 0.3) is 0 Å². The largest absolute Gasteiger partial charge is 0.369 e. The summed E-state index contributed by atoms with van der Waals surface area (Å²) in [6.07, 6.45) is 4.37. The molecule has 0 atom stereocenters. The second-order valence-corrected chi connectivity index (χ2v) is 4.22. The van der Waals surface area contributed by atoms with Crippen molar-refractivity contribution in [2.75, 3.05) is 19.6 Å². The Morgan fingerprint density at radius 2 is 1.87 bits per heavy atom. The smallest absolute Gasteiger partial charge is 0.231 e. The molecule has 0 spiro atoms. The first-order valence-electron chi connectivity index (χ1n) is 5.66. The van der Waals surface area contributed by atoms with Gasteiger partial charge in [-0.1, -0.05) is 19.8 Å². The molecule has 2 N–H and O–H groups in total. The van der Waals surface area contributed by atoms with Crippen molar-refractivity contribution < 1.29 is 9.59 Å². The number of nitrogens with zero attached hydrogens (tertiary/aromatic N) is 1. The quantitative estimate of drug-likeness (QED) is 0.699. The molecule has 0 bridgehead atoms. The SMILES string of the molecule is CCN(CC(N)=O)CC(=O)C1CCCC1. The first kappa shape index (κ1) is 12.2. The Labute approximate surface area is 90.8 Å². The average molecular weight is 212 g/mol. The maximum absolute atomic E-state index is 11.8. The molecule has 0 radical (unpaired) electrons. The van der Waals surface area contributed by atoms with Crippen LogP contribution in [0, 0.1) is 5.92 Å². The first-order valence-corrected chi connectivity index (χ1v) is 5.66. The summed E-state index contributed by atoms with van der Waals surface area (Å²) in [6, 6.07) is 0. The van der Waals surface area contributed by atoms with Crippen LogP contribution in [0.1, 0.15) is 32.6 Å². The number of hydrogen-bond acceptors (Lipinski definition) is 3. The molecule has 1 fully saturated rings. The van der Waals surface area contributed by atoms with Crippen molar-refractivity contribution >= 4 is 11.7 Å². The Morgan fingerprint density at radius 1 is 1.27 bits per heavy atom. The van der Waals surface area contributed by atoms with E-state index in [-0.39, 0.29) is 24.2 Å². The Balaban J connectivity index is 2.36. The van der Waals surface area contributed by atoms with Crippen molar-refractivity contribution in [3.05, 3.63) is 0 Å². The minimum absolute atomic E-state index is 0.189. The molecular weight excluding hydrogens is 192 g/mol. The van der Waals surface area contributed by atoms with Gasteiger partial charge in [-0.05, 0) is 19.4 Å². The highest BCUT2D eigenvalue weighted by molar-refractivity contribution is 5.84. The number of carbonyl (C=O) groups excluding carboxylic acids is 2. The van der Waals surface area contributed by atoms with E-state index >= 15 is 0 Å². The van der Waals surface area contributed by atoms with Gasteiger partial charge in [0.2, 0.25) is 5.91 Å². The molecule has 4 heteroatoms. The van der Waals surface area contributed by atoms with E-state index in [1.165, 1.54) is 12.8 Å². The lowest BCUT2D eigenvalue weighted by Crippen LogP contribution is -2.38. The predicted octanol–water partition coefficient (Wildman–Crippen LogP) is 0.553. The first-order chi connectivity index (χ1) is 7.13. The van der Waals surface area contributed by atoms with E-state index in [0.717, 1.165) is 12.8 Å². The molecule has 0 heterocycles. The highest BCUT2D eigenvalue weighted by Crippen LogP contribution is 2.25. The van der Waals surface area contributed by atoms with Crippen molar-refractivity contribution in [1.82, 2.24) is 4.90 Å². The van der Waals surface area contributed by atoms with Gasteiger partial charge in [-0.25, -0.2) is 0 Å². The second-order valence-electron chi connectivity index (χ2n) is 4.22. The number of carbonyl (C=O) groups is 2. The third-order valence-corrected chi connectivity index (χ3v) is 3.02. The van der Waals surface area contributed by atoms with Crippen LogP contribution in [0.4, 0.5) is 0 Å². The molecule has 0 aromatic heterocycles. The van der Waals surface area contributed by atoms with Crippen LogP contribution in [0.25, 0.3) is 0 Å². The summed E-state index contributed by atoms with van der Waals surface area (Å²) in [6.45, 7) is 3.20. The molecule has 1 rings (SSSR count). The second kappa shape index (κ2) is 5.85. The molecule has 1 aliphatic carbocycles. The van der Waals surface area contributed by atoms with Gasteiger partial charge >= 0.3 is 0 Å². The number of Topliss-reactive ketones (excluding diaryl/α,β-unsaturated/α-hetero) is 1. The fourth-order valence-electron chi connectivity index (χ4n) is 2.10. The molecule has 0 unspecified atom stereocenters. The van der Waals surface area contributed by atoms with Crippen LogP contribution in [0.5, 0.6) is 0 Å². The van der Waals surface area contributed by atoms with E-state index in [1.54, 1.807) is 0 Å². The fourth-order valence-corrected chi connectivity index (χ4v) is 2.10. The Hall–Kier alpha value is -0.900. The normalized spacial score (nSPS) is 17.2. The lowest BCUT2D eigenvalue weighted by molar-refractivity contribution is -0.125.